The molecule has 2 N–H and O–H groups in total. The summed E-state index contributed by atoms with van der Waals surface area (Å²) in [7, 11) is 0. The molecule has 84 valence electrons. The van der Waals surface area contributed by atoms with Crippen molar-refractivity contribution in [2.45, 2.75) is 0 Å². The fourth-order valence-electron chi connectivity index (χ4n) is 1.42. The summed E-state index contributed by atoms with van der Waals surface area (Å²) in [6.07, 6.45) is 1.71. The van der Waals surface area contributed by atoms with E-state index >= 15 is 0 Å². The number of rotatable bonds is 4. The van der Waals surface area contributed by atoms with Crippen LogP contribution >= 0.6 is 0 Å². The zero-order valence-corrected chi connectivity index (χ0v) is 9.11. The molecule has 0 aliphatic rings. The van der Waals surface area contributed by atoms with Gasteiger partial charge in [0.1, 0.15) is 6.73 Å². The van der Waals surface area contributed by atoms with Crippen molar-refractivity contribution < 1.29 is 12.9 Å². The second-order valence-electron chi connectivity index (χ2n) is 3.03. The van der Waals surface area contributed by atoms with Gasteiger partial charge in [0.25, 0.3) is 0 Å². The summed E-state index contributed by atoms with van der Waals surface area (Å²) < 4.78 is 23.2. The van der Waals surface area contributed by atoms with Gasteiger partial charge < -0.3 is 5.32 Å². The Balaban J connectivity index is 2.20. The monoisotopic (exact) mass is 238 g/mol. The Morgan fingerprint density at radius 2 is 2.25 bits per heavy atom. The Labute approximate surface area is 94.9 Å². The Morgan fingerprint density at radius 1 is 1.38 bits per heavy atom. The molecule has 1 aromatic carbocycles. The van der Waals surface area contributed by atoms with Crippen LogP contribution in [0.15, 0.2) is 36.5 Å². The predicted octanol–water partition coefficient (Wildman–Crippen LogP) is 1.76. The average molecular weight is 238 g/mol. The van der Waals surface area contributed by atoms with Gasteiger partial charge in [-0.15, -0.1) is 0 Å². The van der Waals surface area contributed by atoms with Gasteiger partial charge in [0.05, 0.1) is 5.52 Å². The van der Waals surface area contributed by atoms with E-state index in [4.69, 9.17) is 4.55 Å². The standard InChI is InChI=1S/C10H10N2O3S/c13-16(14)15-7-12-10-5-1-4-9-8(10)3-2-6-11-9/h1-6,12H,7H2,(H,13,14). The van der Waals surface area contributed by atoms with Crippen molar-refractivity contribution in [3.8, 4) is 0 Å². The van der Waals surface area contributed by atoms with Crippen LogP contribution in [0.2, 0.25) is 0 Å². The molecule has 1 aromatic heterocycles. The number of anilines is 1. The third kappa shape index (κ3) is 2.54. The number of pyridine rings is 1. The lowest BCUT2D eigenvalue weighted by Crippen LogP contribution is -2.07. The summed E-state index contributed by atoms with van der Waals surface area (Å²) in [5.74, 6) is 0. The highest BCUT2D eigenvalue weighted by Crippen LogP contribution is 2.20. The molecule has 0 bridgehead atoms. The molecule has 0 amide bonds. The molecule has 0 spiro atoms. The number of hydrogen-bond acceptors (Lipinski definition) is 4. The van der Waals surface area contributed by atoms with E-state index < -0.39 is 11.4 Å². The molecular weight excluding hydrogens is 228 g/mol. The Morgan fingerprint density at radius 3 is 3.06 bits per heavy atom. The molecule has 1 unspecified atom stereocenters. The normalized spacial score (nSPS) is 12.6. The molecule has 1 heterocycles. The third-order valence-corrected chi connectivity index (χ3v) is 2.39. The molecule has 2 aromatic rings. The topological polar surface area (TPSA) is 71.5 Å². The maximum Gasteiger partial charge on any atom is 0.303 e. The molecule has 0 aliphatic heterocycles. The molecule has 1 atom stereocenters. The van der Waals surface area contributed by atoms with E-state index in [9.17, 15) is 4.21 Å². The maximum absolute atomic E-state index is 10.3. The van der Waals surface area contributed by atoms with Crippen molar-refractivity contribution in [3.63, 3.8) is 0 Å². The number of fused-ring (bicyclic) bond motifs is 1. The van der Waals surface area contributed by atoms with E-state index in [1.165, 1.54) is 0 Å². The molecule has 5 nitrogen and oxygen atoms in total. The van der Waals surface area contributed by atoms with Crippen molar-refractivity contribution >= 4 is 28.0 Å². The van der Waals surface area contributed by atoms with Crippen LogP contribution in [0.1, 0.15) is 0 Å². The summed E-state index contributed by atoms with van der Waals surface area (Å²) in [6.45, 7) is -0.0306. The summed E-state index contributed by atoms with van der Waals surface area (Å²) >= 11 is -2.25. The Bertz CT molecular complexity index is 513. The molecule has 0 aliphatic carbocycles. The van der Waals surface area contributed by atoms with E-state index in [-0.39, 0.29) is 6.73 Å². The van der Waals surface area contributed by atoms with Crippen LogP contribution in [-0.2, 0) is 15.5 Å². The third-order valence-electron chi connectivity index (χ3n) is 2.07. The summed E-state index contributed by atoms with van der Waals surface area (Å²) in [5.41, 5.74) is 1.67. The molecule has 0 fully saturated rings. The Hall–Kier alpha value is -1.50. The lowest BCUT2D eigenvalue weighted by molar-refractivity contribution is 0.330. The van der Waals surface area contributed by atoms with Crippen molar-refractivity contribution in [3.05, 3.63) is 36.5 Å². The summed E-state index contributed by atoms with van der Waals surface area (Å²) in [6, 6.07) is 9.35. The highest BCUT2D eigenvalue weighted by molar-refractivity contribution is 7.74. The zero-order valence-electron chi connectivity index (χ0n) is 8.29. The fraction of sp³-hybridized carbons (Fsp3) is 0.100. The first kappa shape index (κ1) is 11.0. The minimum Gasteiger partial charge on any atom is -0.361 e. The van der Waals surface area contributed by atoms with Crippen molar-refractivity contribution in [2.24, 2.45) is 0 Å². The maximum atomic E-state index is 10.3. The lowest BCUT2D eigenvalue weighted by Gasteiger charge is -2.07. The van der Waals surface area contributed by atoms with E-state index in [1.807, 2.05) is 30.3 Å². The van der Waals surface area contributed by atoms with Gasteiger partial charge in [-0.05, 0) is 24.3 Å². The van der Waals surface area contributed by atoms with Crippen molar-refractivity contribution in [1.82, 2.24) is 4.98 Å². The van der Waals surface area contributed by atoms with E-state index in [1.54, 1.807) is 6.20 Å². The van der Waals surface area contributed by atoms with Gasteiger partial charge in [0.15, 0.2) is 0 Å². The molecule has 2 rings (SSSR count). The van der Waals surface area contributed by atoms with Crippen molar-refractivity contribution in [2.75, 3.05) is 12.0 Å². The van der Waals surface area contributed by atoms with E-state index in [2.05, 4.69) is 14.5 Å². The molecule has 0 saturated heterocycles. The number of nitrogens with zero attached hydrogens (tertiary/aromatic N) is 1. The number of hydrogen-bond donors (Lipinski definition) is 2. The highest BCUT2D eigenvalue weighted by Gasteiger charge is 2.00. The van der Waals surface area contributed by atoms with E-state index in [0.29, 0.717) is 0 Å². The first-order valence-corrected chi connectivity index (χ1v) is 5.62. The van der Waals surface area contributed by atoms with Gasteiger partial charge in [-0.25, -0.2) is 4.18 Å². The van der Waals surface area contributed by atoms with Gasteiger partial charge in [0, 0.05) is 17.3 Å². The van der Waals surface area contributed by atoms with Crippen LogP contribution in [-0.4, -0.2) is 20.5 Å². The minimum absolute atomic E-state index is 0.0306. The second-order valence-corrected chi connectivity index (χ2v) is 3.70. The van der Waals surface area contributed by atoms with E-state index in [0.717, 1.165) is 16.6 Å². The molecule has 0 saturated carbocycles. The largest absolute Gasteiger partial charge is 0.361 e. The fourth-order valence-corrected chi connectivity index (χ4v) is 1.57. The predicted molar refractivity (Wildman–Crippen MR) is 62.1 cm³/mol. The van der Waals surface area contributed by atoms with Crippen LogP contribution in [0.5, 0.6) is 0 Å². The van der Waals surface area contributed by atoms with Gasteiger partial charge in [-0.3, -0.25) is 9.54 Å². The van der Waals surface area contributed by atoms with Gasteiger partial charge in [-0.1, -0.05) is 6.07 Å². The van der Waals surface area contributed by atoms with Gasteiger partial charge in [0.2, 0.25) is 0 Å². The number of nitrogens with one attached hydrogen (secondary N) is 1. The highest BCUT2D eigenvalue weighted by atomic mass is 32.2. The second kappa shape index (κ2) is 5.02. The molecule has 16 heavy (non-hydrogen) atoms. The molecular formula is C10H10N2O3S. The van der Waals surface area contributed by atoms with Crippen LogP contribution < -0.4 is 5.32 Å². The SMILES string of the molecule is O=S(O)OCNc1cccc2ncccc12. The molecule has 6 heteroatoms. The summed E-state index contributed by atoms with van der Waals surface area (Å²) in [5, 5.41) is 3.85. The minimum atomic E-state index is -2.25. The first-order valence-electron chi connectivity index (χ1n) is 4.59. The first-order chi connectivity index (χ1) is 7.77. The van der Waals surface area contributed by atoms with Crippen LogP contribution in [0.3, 0.4) is 0 Å². The Kier molecular flexibility index (Phi) is 3.45. The lowest BCUT2D eigenvalue weighted by atomic mass is 10.2. The van der Waals surface area contributed by atoms with Gasteiger partial charge in [-0.2, -0.15) is 4.21 Å². The van der Waals surface area contributed by atoms with Crippen LogP contribution in [0.25, 0.3) is 10.9 Å². The average Bonchev–Trinajstić information content (AvgIpc) is 2.29. The zero-order chi connectivity index (χ0) is 11.4. The molecule has 0 radical (unpaired) electrons. The quantitative estimate of drug-likeness (QED) is 0.627. The van der Waals surface area contributed by atoms with Crippen LogP contribution in [0, 0.1) is 0 Å². The van der Waals surface area contributed by atoms with Gasteiger partial charge >= 0.3 is 11.4 Å². The summed E-state index contributed by atoms with van der Waals surface area (Å²) in [4.78, 5) is 4.19. The number of aromatic nitrogens is 1. The van der Waals surface area contributed by atoms with Crippen LogP contribution in [0.4, 0.5) is 5.69 Å². The van der Waals surface area contributed by atoms with Crippen molar-refractivity contribution in [1.29, 1.82) is 0 Å². The number of benzene rings is 1. The smallest absolute Gasteiger partial charge is 0.303 e.